The van der Waals surface area contributed by atoms with Crippen LogP contribution in [0.4, 0.5) is 11.5 Å². The maximum absolute atomic E-state index is 12.1. The monoisotopic (exact) mass is 411 g/mol. The van der Waals surface area contributed by atoms with Crippen LogP contribution < -0.4 is 15.5 Å². The van der Waals surface area contributed by atoms with Gasteiger partial charge in [-0.25, -0.2) is 4.98 Å². The summed E-state index contributed by atoms with van der Waals surface area (Å²) in [6.07, 6.45) is 5.56. The van der Waals surface area contributed by atoms with Crippen LogP contribution in [0.15, 0.2) is 18.3 Å². The summed E-state index contributed by atoms with van der Waals surface area (Å²) in [5.74, 6) is 1.05. The van der Waals surface area contributed by atoms with E-state index in [1.54, 1.807) is 6.20 Å². The highest BCUT2D eigenvalue weighted by Gasteiger charge is 2.14. The third-order valence-electron chi connectivity index (χ3n) is 4.29. The zero-order valence-corrected chi connectivity index (χ0v) is 16.7. The smallest absolute Gasteiger partial charge is 0.238 e. The number of carbonyl (C=O) groups is 1. The van der Waals surface area contributed by atoms with Gasteiger partial charge in [-0.1, -0.05) is 0 Å². The van der Waals surface area contributed by atoms with E-state index in [-0.39, 0.29) is 43.1 Å². The van der Waals surface area contributed by atoms with Gasteiger partial charge in [0.2, 0.25) is 5.91 Å². The van der Waals surface area contributed by atoms with Gasteiger partial charge in [-0.3, -0.25) is 9.69 Å². The van der Waals surface area contributed by atoms with Crippen molar-refractivity contribution >= 4 is 54.6 Å². The van der Waals surface area contributed by atoms with Crippen molar-refractivity contribution in [2.24, 2.45) is 0 Å². The molecule has 0 saturated carbocycles. The first-order valence-electron chi connectivity index (χ1n) is 8.25. The Balaban J connectivity index is 0.00000192. The molecule has 2 N–H and O–H groups in total. The quantitative estimate of drug-likeness (QED) is 0.794. The molecule has 0 bridgehead atoms. The lowest BCUT2D eigenvalue weighted by Gasteiger charge is -2.28. The molecule has 9 heteroatoms. The molecule has 2 fully saturated rings. The number of amides is 1. The summed E-state index contributed by atoms with van der Waals surface area (Å²) in [5.41, 5.74) is 0.779. The molecule has 0 unspecified atom stereocenters. The van der Waals surface area contributed by atoms with Gasteiger partial charge >= 0.3 is 0 Å². The Labute approximate surface area is 168 Å². The number of aromatic nitrogens is 1. The number of anilines is 2. The number of hydrogen-bond acceptors (Lipinski definition) is 5. The molecule has 3 heterocycles. The second kappa shape index (κ2) is 12.5. The molecule has 0 spiro atoms. The minimum Gasteiger partial charge on any atom is -0.357 e. The lowest BCUT2D eigenvalue weighted by molar-refractivity contribution is -0.117. The molecule has 2 saturated heterocycles. The Kier molecular flexibility index (Phi) is 12.1. The molecular formula is C16H28Cl3N5O. The van der Waals surface area contributed by atoms with E-state index in [1.165, 1.54) is 19.3 Å². The molecule has 1 amide bonds. The standard InChI is InChI=1S/C16H25N5O.3ClH/c22-16(13-20-10-6-17-7-11-20)19-14-4-5-15(18-12-14)21-8-2-1-3-9-21;;;/h4-5,12,17H,1-3,6-11,13H2,(H,19,22);3*1H. The van der Waals surface area contributed by atoms with Crippen LogP contribution in [0, 0.1) is 0 Å². The third kappa shape index (κ3) is 7.54. The Morgan fingerprint density at radius 2 is 1.72 bits per heavy atom. The molecule has 1 aromatic rings. The fraction of sp³-hybridized carbons (Fsp3) is 0.625. The van der Waals surface area contributed by atoms with E-state index in [1.807, 2.05) is 12.1 Å². The summed E-state index contributed by atoms with van der Waals surface area (Å²) in [6, 6.07) is 3.96. The number of halogens is 3. The van der Waals surface area contributed by atoms with E-state index in [4.69, 9.17) is 0 Å². The summed E-state index contributed by atoms with van der Waals surface area (Å²) in [7, 11) is 0. The largest absolute Gasteiger partial charge is 0.357 e. The Bertz CT molecular complexity index is 491. The van der Waals surface area contributed by atoms with Gasteiger partial charge in [0.25, 0.3) is 0 Å². The van der Waals surface area contributed by atoms with E-state index in [0.717, 1.165) is 50.8 Å². The number of piperidine rings is 1. The maximum Gasteiger partial charge on any atom is 0.238 e. The number of rotatable bonds is 4. The summed E-state index contributed by atoms with van der Waals surface area (Å²) in [6.45, 7) is 6.40. The van der Waals surface area contributed by atoms with Crippen LogP contribution in [0.25, 0.3) is 0 Å². The van der Waals surface area contributed by atoms with Crippen molar-refractivity contribution in [3.8, 4) is 0 Å². The van der Waals surface area contributed by atoms with Crippen LogP contribution in [0.3, 0.4) is 0 Å². The first-order valence-corrected chi connectivity index (χ1v) is 8.25. The summed E-state index contributed by atoms with van der Waals surface area (Å²) >= 11 is 0. The summed E-state index contributed by atoms with van der Waals surface area (Å²) in [5, 5.41) is 6.22. The molecule has 0 radical (unpaired) electrons. The van der Waals surface area contributed by atoms with E-state index in [9.17, 15) is 4.79 Å². The van der Waals surface area contributed by atoms with Crippen molar-refractivity contribution < 1.29 is 4.79 Å². The van der Waals surface area contributed by atoms with Gasteiger partial charge in [0.15, 0.2) is 0 Å². The number of hydrogen-bond donors (Lipinski definition) is 2. The first kappa shape index (κ1) is 24.2. The van der Waals surface area contributed by atoms with Crippen LogP contribution in [0.2, 0.25) is 0 Å². The highest BCUT2D eigenvalue weighted by atomic mass is 35.5. The molecule has 2 aliphatic rings. The van der Waals surface area contributed by atoms with Gasteiger partial charge in [0.1, 0.15) is 5.82 Å². The van der Waals surface area contributed by atoms with Gasteiger partial charge in [-0.05, 0) is 31.4 Å². The first-order chi connectivity index (χ1) is 10.8. The predicted octanol–water partition coefficient (Wildman–Crippen LogP) is 2.18. The van der Waals surface area contributed by atoms with Gasteiger partial charge < -0.3 is 15.5 Å². The molecule has 1 aromatic heterocycles. The van der Waals surface area contributed by atoms with Crippen molar-refractivity contribution in [3.05, 3.63) is 18.3 Å². The summed E-state index contributed by atoms with van der Waals surface area (Å²) in [4.78, 5) is 21.0. The Hall–Kier alpha value is -0.790. The topological polar surface area (TPSA) is 60.5 Å². The van der Waals surface area contributed by atoms with Crippen LogP contribution >= 0.6 is 37.2 Å². The van der Waals surface area contributed by atoms with Crippen molar-refractivity contribution in [3.63, 3.8) is 0 Å². The number of piperazine rings is 1. The van der Waals surface area contributed by atoms with Gasteiger partial charge in [0.05, 0.1) is 18.4 Å². The second-order valence-electron chi connectivity index (χ2n) is 6.03. The number of pyridine rings is 1. The lowest BCUT2D eigenvalue weighted by Crippen LogP contribution is -2.46. The van der Waals surface area contributed by atoms with Crippen LogP contribution in [0.1, 0.15) is 19.3 Å². The maximum atomic E-state index is 12.1. The van der Waals surface area contributed by atoms with Crippen LogP contribution in [-0.2, 0) is 4.79 Å². The van der Waals surface area contributed by atoms with Crippen LogP contribution in [-0.4, -0.2) is 61.6 Å². The summed E-state index contributed by atoms with van der Waals surface area (Å²) < 4.78 is 0. The van der Waals surface area contributed by atoms with Gasteiger partial charge in [0, 0.05) is 39.3 Å². The molecule has 3 rings (SSSR count). The average Bonchev–Trinajstić information content (AvgIpc) is 2.57. The molecule has 25 heavy (non-hydrogen) atoms. The molecule has 0 aromatic carbocycles. The molecule has 0 atom stereocenters. The molecule has 144 valence electrons. The fourth-order valence-electron chi connectivity index (χ4n) is 3.04. The van der Waals surface area contributed by atoms with E-state index in [2.05, 4.69) is 25.4 Å². The Morgan fingerprint density at radius 1 is 1.04 bits per heavy atom. The van der Waals surface area contributed by atoms with Crippen molar-refractivity contribution in [2.45, 2.75) is 19.3 Å². The number of carbonyl (C=O) groups excluding carboxylic acids is 1. The van der Waals surface area contributed by atoms with E-state index >= 15 is 0 Å². The molecule has 0 aliphatic carbocycles. The minimum absolute atomic E-state index is 0. The zero-order valence-electron chi connectivity index (χ0n) is 14.3. The average molecular weight is 413 g/mol. The third-order valence-corrected chi connectivity index (χ3v) is 4.29. The fourth-order valence-corrected chi connectivity index (χ4v) is 3.04. The van der Waals surface area contributed by atoms with Crippen molar-refractivity contribution in [1.82, 2.24) is 15.2 Å². The molecular weight excluding hydrogens is 385 g/mol. The molecule has 2 aliphatic heterocycles. The number of nitrogens with zero attached hydrogens (tertiary/aromatic N) is 3. The van der Waals surface area contributed by atoms with Crippen LogP contribution in [0.5, 0.6) is 0 Å². The highest BCUT2D eigenvalue weighted by Crippen LogP contribution is 2.18. The van der Waals surface area contributed by atoms with Crippen molar-refractivity contribution in [1.29, 1.82) is 0 Å². The van der Waals surface area contributed by atoms with E-state index in [0.29, 0.717) is 6.54 Å². The SMILES string of the molecule is Cl.Cl.Cl.O=C(CN1CCNCC1)Nc1ccc(N2CCCCC2)nc1. The minimum atomic E-state index is 0. The van der Waals surface area contributed by atoms with Gasteiger partial charge in [-0.15, -0.1) is 37.2 Å². The second-order valence-corrected chi connectivity index (χ2v) is 6.03. The normalized spacial score (nSPS) is 17.5. The molecule has 6 nitrogen and oxygen atoms in total. The zero-order chi connectivity index (χ0) is 15.2. The van der Waals surface area contributed by atoms with Crippen molar-refractivity contribution in [2.75, 3.05) is 56.0 Å². The highest BCUT2D eigenvalue weighted by molar-refractivity contribution is 5.92. The lowest BCUT2D eigenvalue weighted by atomic mass is 10.1. The Morgan fingerprint density at radius 3 is 2.32 bits per heavy atom. The number of nitrogens with one attached hydrogen (secondary N) is 2. The predicted molar refractivity (Wildman–Crippen MR) is 110 cm³/mol. The van der Waals surface area contributed by atoms with Gasteiger partial charge in [-0.2, -0.15) is 0 Å². The van der Waals surface area contributed by atoms with E-state index < -0.39 is 0 Å².